The van der Waals surface area contributed by atoms with Gasteiger partial charge in [0.05, 0.1) is 13.2 Å². The smallest absolute Gasteiger partial charge is 0.251 e. The molecule has 2 heterocycles. The van der Waals surface area contributed by atoms with E-state index in [9.17, 15) is 4.79 Å². The van der Waals surface area contributed by atoms with E-state index in [1.807, 2.05) is 12.1 Å². The number of amides is 1. The summed E-state index contributed by atoms with van der Waals surface area (Å²) in [6.45, 7) is 10.1. The first-order valence-electron chi connectivity index (χ1n) is 8.00. The third-order valence-corrected chi connectivity index (χ3v) is 4.65. The average molecular weight is 303 g/mol. The number of nitrogens with zero attached hydrogens (tertiary/aromatic N) is 1. The largest absolute Gasteiger partial charge is 0.379 e. The van der Waals surface area contributed by atoms with Crippen LogP contribution in [-0.4, -0.2) is 49.2 Å². The third kappa shape index (κ3) is 3.32. The van der Waals surface area contributed by atoms with Crippen LogP contribution in [0.3, 0.4) is 0 Å². The molecule has 1 saturated heterocycles. The van der Waals surface area contributed by atoms with Gasteiger partial charge in [-0.05, 0) is 37.1 Å². The predicted octanol–water partition coefficient (Wildman–Crippen LogP) is 1.13. The Morgan fingerprint density at radius 2 is 2.00 bits per heavy atom. The lowest BCUT2D eigenvalue weighted by Crippen LogP contribution is -2.55. The van der Waals surface area contributed by atoms with Gasteiger partial charge in [0.2, 0.25) is 0 Å². The summed E-state index contributed by atoms with van der Waals surface area (Å²) < 4.78 is 5.40. The van der Waals surface area contributed by atoms with Crippen molar-refractivity contribution in [3.8, 4) is 0 Å². The number of nitrogens with one attached hydrogen (secondary N) is 2. The molecule has 5 nitrogen and oxygen atoms in total. The monoisotopic (exact) mass is 303 g/mol. The van der Waals surface area contributed by atoms with E-state index in [2.05, 4.69) is 35.4 Å². The molecular formula is C17H25N3O2. The Kier molecular flexibility index (Phi) is 4.47. The number of ether oxygens (including phenoxy) is 1. The fourth-order valence-corrected chi connectivity index (χ4v) is 3.12. The molecule has 0 unspecified atom stereocenters. The van der Waals surface area contributed by atoms with Crippen LogP contribution in [0.15, 0.2) is 18.2 Å². The van der Waals surface area contributed by atoms with E-state index in [-0.39, 0.29) is 11.4 Å². The minimum absolute atomic E-state index is 0.0102. The molecule has 0 radical (unpaired) electrons. The van der Waals surface area contributed by atoms with E-state index in [0.717, 1.165) is 45.0 Å². The molecule has 0 atom stereocenters. The van der Waals surface area contributed by atoms with E-state index < -0.39 is 0 Å². The maximum absolute atomic E-state index is 12.4. The van der Waals surface area contributed by atoms with Crippen molar-refractivity contribution >= 4 is 5.91 Å². The van der Waals surface area contributed by atoms with Crippen molar-refractivity contribution < 1.29 is 9.53 Å². The first-order chi connectivity index (χ1) is 10.6. The molecule has 120 valence electrons. The van der Waals surface area contributed by atoms with Gasteiger partial charge in [0, 0.05) is 43.8 Å². The molecule has 2 aliphatic rings. The molecule has 2 N–H and O–H groups in total. The van der Waals surface area contributed by atoms with E-state index in [1.54, 1.807) is 0 Å². The number of benzene rings is 1. The number of morpholine rings is 1. The maximum Gasteiger partial charge on any atom is 0.251 e. The van der Waals surface area contributed by atoms with E-state index in [4.69, 9.17) is 4.74 Å². The van der Waals surface area contributed by atoms with Crippen LogP contribution in [0.4, 0.5) is 0 Å². The number of carbonyl (C=O) groups is 1. The van der Waals surface area contributed by atoms with Gasteiger partial charge < -0.3 is 15.4 Å². The lowest BCUT2D eigenvalue weighted by atomic mass is 10.0. The quantitative estimate of drug-likeness (QED) is 0.875. The highest BCUT2D eigenvalue weighted by Crippen LogP contribution is 2.18. The molecule has 5 heteroatoms. The Hall–Kier alpha value is -1.43. The van der Waals surface area contributed by atoms with Crippen molar-refractivity contribution in [1.29, 1.82) is 0 Å². The van der Waals surface area contributed by atoms with Crippen LogP contribution in [-0.2, 0) is 17.8 Å². The summed E-state index contributed by atoms with van der Waals surface area (Å²) in [6.07, 6.45) is 0. The van der Waals surface area contributed by atoms with E-state index in [0.29, 0.717) is 6.54 Å². The molecule has 1 amide bonds. The van der Waals surface area contributed by atoms with Gasteiger partial charge in [-0.25, -0.2) is 0 Å². The summed E-state index contributed by atoms with van der Waals surface area (Å²) in [5.41, 5.74) is 3.23. The fraction of sp³-hybridized carbons (Fsp3) is 0.588. The minimum atomic E-state index is -0.0578. The van der Waals surface area contributed by atoms with Crippen molar-refractivity contribution in [1.82, 2.24) is 15.5 Å². The summed E-state index contributed by atoms with van der Waals surface area (Å²) >= 11 is 0. The summed E-state index contributed by atoms with van der Waals surface area (Å²) in [5.74, 6) is 0.0102. The topological polar surface area (TPSA) is 53.6 Å². The van der Waals surface area contributed by atoms with Crippen molar-refractivity contribution in [3.63, 3.8) is 0 Å². The lowest BCUT2D eigenvalue weighted by Gasteiger charge is -2.40. The van der Waals surface area contributed by atoms with Crippen LogP contribution in [0.2, 0.25) is 0 Å². The molecule has 2 aliphatic heterocycles. The van der Waals surface area contributed by atoms with Crippen LogP contribution >= 0.6 is 0 Å². The zero-order valence-electron chi connectivity index (χ0n) is 13.4. The highest BCUT2D eigenvalue weighted by molar-refractivity contribution is 5.94. The van der Waals surface area contributed by atoms with E-state index in [1.165, 1.54) is 11.1 Å². The van der Waals surface area contributed by atoms with Gasteiger partial charge >= 0.3 is 0 Å². The van der Waals surface area contributed by atoms with E-state index >= 15 is 0 Å². The molecule has 0 bridgehead atoms. The third-order valence-electron chi connectivity index (χ3n) is 4.65. The molecule has 22 heavy (non-hydrogen) atoms. The van der Waals surface area contributed by atoms with Gasteiger partial charge in [-0.3, -0.25) is 9.69 Å². The molecule has 1 fully saturated rings. The predicted molar refractivity (Wildman–Crippen MR) is 85.8 cm³/mol. The SMILES string of the molecule is CC(C)(CNC(=O)c1ccc2c(c1)CNC2)N1CCOCC1. The number of carbonyl (C=O) groups excluding carboxylic acids is 1. The summed E-state index contributed by atoms with van der Waals surface area (Å²) in [5, 5.41) is 6.39. The second kappa shape index (κ2) is 6.36. The normalized spacial score (nSPS) is 19.0. The summed E-state index contributed by atoms with van der Waals surface area (Å²) in [6, 6.07) is 5.98. The van der Waals surface area contributed by atoms with Gasteiger partial charge in [-0.2, -0.15) is 0 Å². The second-order valence-electron chi connectivity index (χ2n) is 6.68. The first-order valence-corrected chi connectivity index (χ1v) is 8.00. The first kappa shape index (κ1) is 15.5. The maximum atomic E-state index is 12.4. The molecule has 0 aliphatic carbocycles. The highest BCUT2D eigenvalue weighted by Gasteiger charge is 2.28. The van der Waals surface area contributed by atoms with Crippen molar-refractivity contribution in [2.45, 2.75) is 32.5 Å². The molecule has 1 aromatic rings. The molecule has 0 aromatic heterocycles. The van der Waals surface area contributed by atoms with Gasteiger partial charge in [0.25, 0.3) is 5.91 Å². The lowest BCUT2D eigenvalue weighted by molar-refractivity contribution is -0.00923. The number of rotatable bonds is 4. The Labute approximate surface area is 132 Å². The summed E-state index contributed by atoms with van der Waals surface area (Å²) in [7, 11) is 0. The molecule has 1 aromatic carbocycles. The zero-order valence-corrected chi connectivity index (χ0v) is 13.4. The Bertz CT molecular complexity index is 551. The zero-order chi connectivity index (χ0) is 15.6. The fourth-order valence-electron chi connectivity index (χ4n) is 3.12. The molecule has 0 spiro atoms. The standard InChI is InChI=1S/C17H25N3O2/c1-17(2,20-5-7-22-8-6-20)12-19-16(21)13-3-4-14-10-18-11-15(14)9-13/h3-4,9,18H,5-8,10-12H2,1-2H3,(H,19,21). The van der Waals surface area contributed by atoms with Gasteiger partial charge in [0.1, 0.15) is 0 Å². The average Bonchev–Trinajstić information content (AvgIpc) is 3.01. The number of hydrogen-bond donors (Lipinski definition) is 2. The van der Waals surface area contributed by atoms with Crippen LogP contribution < -0.4 is 10.6 Å². The van der Waals surface area contributed by atoms with Crippen molar-refractivity contribution in [2.75, 3.05) is 32.8 Å². The van der Waals surface area contributed by atoms with Crippen LogP contribution in [0, 0.1) is 0 Å². The molecule has 0 saturated carbocycles. The molecular weight excluding hydrogens is 278 g/mol. The van der Waals surface area contributed by atoms with Gasteiger partial charge in [0.15, 0.2) is 0 Å². The Morgan fingerprint density at radius 1 is 1.27 bits per heavy atom. The minimum Gasteiger partial charge on any atom is -0.379 e. The summed E-state index contributed by atoms with van der Waals surface area (Å²) in [4.78, 5) is 14.8. The van der Waals surface area contributed by atoms with Crippen molar-refractivity contribution in [3.05, 3.63) is 34.9 Å². The van der Waals surface area contributed by atoms with Crippen LogP contribution in [0.5, 0.6) is 0 Å². The van der Waals surface area contributed by atoms with Gasteiger partial charge in [-0.15, -0.1) is 0 Å². The second-order valence-corrected chi connectivity index (χ2v) is 6.68. The number of hydrogen-bond acceptors (Lipinski definition) is 4. The van der Waals surface area contributed by atoms with Crippen molar-refractivity contribution in [2.24, 2.45) is 0 Å². The van der Waals surface area contributed by atoms with Gasteiger partial charge in [-0.1, -0.05) is 6.07 Å². The van der Waals surface area contributed by atoms with Crippen LogP contribution in [0.1, 0.15) is 35.3 Å². The highest BCUT2D eigenvalue weighted by atomic mass is 16.5. The van der Waals surface area contributed by atoms with Crippen LogP contribution in [0.25, 0.3) is 0 Å². The Morgan fingerprint density at radius 3 is 2.77 bits per heavy atom. The Balaban J connectivity index is 1.59. The number of fused-ring (bicyclic) bond motifs is 1. The molecule has 3 rings (SSSR count).